The molecule has 2 rings (SSSR count). The fourth-order valence-corrected chi connectivity index (χ4v) is 1.57. The molecule has 0 radical (unpaired) electrons. The third-order valence-corrected chi connectivity index (χ3v) is 3.10. The largest absolute Gasteiger partial charge is 0.436 e. The van der Waals surface area contributed by atoms with Crippen molar-refractivity contribution < 1.29 is 9.13 Å². The first-order chi connectivity index (χ1) is 8.06. The van der Waals surface area contributed by atoms with E-state index < -0.39 is 5.82 Å². The number of nitrogens with zero attached hydrogens (tertiary/aromatic N) is 2. The molecule has 88 valence electrons. The summed E-state index contributed by atoms with van der Waals surface area (Å²) in [6.07, 6.45) is 0.969. The van der Waals surface area contributed by atoms with Crippen molar-refractivity contribution in [3.05, 3.63) is 45.5 Å². The van der Waals surface area contributed by atoms with E-state index in [0.717, 1.165) is 16.2 Å². The minimum absolute atomic E-state index is 0.0600. The van der Waals surface area contributed by atoms with Crippen molar-refractivity contribution in [3.8, 4) is 11.6 Å². The van der Waals surface area contributed by atoms with Gasteiger partial charge in [-0.2, -0.15) is 9.37 Å². The number of hydrogen-bond donors (Lipinski definition) is 0. The molecule has 0 aliphatic heterocycles. The maximum atomic E-state index is 13.3. The molecule has 1 aromatic carbocycles. The number of ether oxygens (including phenoxy) is 1. The van der Waals surface area contributed by atoms with Crippen LogP contribution in [0, 0.1) is 12.7 Å². The number of halogens is 3. The number of aromatic nitrogens is 2. The number of hydrogen-bond acceptors (Lipinski definition) is 3. The van der Waals surface area contributed by atoms with Crippen LogP contribution in [0.5, 0.6) is 11.6 Å². The van der Waals surface area contributed by atoms with Crippen LogP contribution in [0.4, 0.5) is 4.39 Å². The molecule has 2 aromatic rings. The lowest BCUT2D eigenvalue weighted by Crippen LogP contribution is -1.94. The van der Waals surface area contributed by atoms with Gasteiger partial charge in [-0.15, -0.1) is 0 Å². The lowest BCUT2D eigenvalue weighted by molar-refractivity contribution is 0.419. The summed E-state index contributed by atoms with van der Waals surface area (Å²) in [5.74, 6) is -0.360. The van der Waals surface area contributed by atoms with Gasteiger partial charge in [0.05, 0.1) is 6.20 Å². The van der Waals surface area contributed by atoms with Gasteiger partial charge in [-0.1, -0.05) is 15.9 Å². The lowest BCUT2D eigenvalue weighted by atomic mass is 10.2. The van der Waals surface area contributed by atoms with Crippen LogP contribution in [0.2, 0.25) is 5.28 Å². The highest BCUT2D eigenvalue weighted by Gasteiger charge is 2.09. The highest BCUT2D eigenvalue weighted by molar-refractivity contribution is 9.10. The molecule has 3 nitrogen and oxygen atoms in total. The molecular formula is C11H7BrClFN2O. The van der Waals surface area contributed by atoms with Gasteiger partial charge in [0.1, 0.15) is 5.75 Å². The van der Waals surface area contributed by atoms with Gasteiger partial charge in [0.15, 0.2) is 0 Å². The third-order valence-electron chi connectivity index (χ3n) is 2.03. The van der Waals surface area contributed by atoms with E-state index in [-0.39, 0.29) is 11.2 Å². The Morgan fingerprint density at radius 3 is 2.88 bits per heavy atom. The zero-order valence-corrected chi connectivity index (χ0v) is 11.1. The van der Waals surface area contributed by atoms with Crippen LogP contribution in [0.1, 0.15) is 5.56 Å². The van der Waals surface area contributed by atoms with Crippen LogP contribution in [0.25, 0.3) is 0 Å². The van der Waals surface area contributed by atoms with E-state index >= 15 is 0 Å². The Balaban J connectivity index is 2.31. The summed E-state index contributed by atoms with van der Waals surface area (Å²) in [7, 11) is 0. The van der Waals surface area contributed by atoms with Crippen molar-refractivity contribution in [2.45, 2.75) is 6.92 Å². The molecule has 0 unspecified atom stereocenters. The topological polar surface area (TPSA) is 35.0 Å². The van der Waals surface area contributed by atoms with Gasteiger partial charge < -0.3 is 4.74 Å². The third kappa shape index (κ3) is 2.92. The Morgan fingerprint density at radius 2 is 2.18 bits per heavy atom. The van der Waals surface area contributed by atoms with Crippen LogP contribution in [0.3, 0.4) is 0 Å². The average Bonchev–Trinajstić information content (AvgIpc) is 2.29. The van der Waals surface area contributed by atoms with E-state index in [9.17, 15) is 4.39 Å². The molecule has 1 heterocycles. The highest BCUT2D eigenvalue weighted by atomic mass is 79.9. The Labute approximate surface area is 111 Å². The first-order valence-corrected chi connectivity index (χ1v) is 5.85. The van der Waals surface area contributed by atoms with E-state index in [4.69, 9.17) is 16.3 Å². The van der Waals surface area contributed by atoms with Crippen molar-refractivity contribution >= 4 is 27.5 Å². The second-order valence-corrected chi connectivity index (χ2v) is 4.50. The van der Waals surface area contributed by atoms with Gasteiger partial charge in [-0.25, -0.2) is 4.98 Å². The molecule has 1 aromatic heterocycles. The Hall–Kier alpha value is -1.20. The zero-order valence-electron chi connectivity index (χ0n) is 8.75. The maximum Gasteiger partial charge on any atom is 0.260 e. The fourth-order valence-electron chi connectivity index (χ4n) is 1.20. The zero-order chi connectivity index (χ0) is 12.4. The predicted octanol–water partition coefficient (Wildman–Crippen LogP) is 4.13. The average molecular weight is 318 g/mol. The van der Waals surface area contributed by atoms with Crippen LogP contribution in [0.15, 0.2) is 28.9 Å². The Bertz CT molecular complexity index is 565. The molecule has 0 atom stereocenters. The molecule has 0 aliphatic rings. The van der Waals surface area contributed by atoms with Gasteiger partial charge in [0, 0.05) is 4.47 Å². The molecule has 0 bridgehead atoms. The number of rotatable bonds is 2. The van der Waals surface area contributed by atoms with Gasteiger partial charge >= 0.3 is 0 Å². The highest BCUT2D eigenvalue weighted by Crippen LogP contribution is 2.26. The standard InChI is InChI=1S/C11H7BrClFN2O/c1-6-4-7(2-3-8(6)12)17-10-9(14)5-15-11(13)16-10/h2-5H,1H3. The molecule has 0 saturated heterocycles. The van der Waals surface area contributed by atoms with Crippen LogP contribution in [-0.2, 0) is 0 Å². The van der Waals surface area contributed by atoms with Gasteiger partial charge in [0.25, 0.3) is 5.88 Å². The summed E-state index contributed by atoms with van der Waals surface area (Å²) in [5, 5.41) is -0.0600. The van der Waals surface area contributed by atoms with E-state index in [2.05, 4.69) is 25.9 Å². The molecule has 0 saturated carbocycles. The number of benzene rings is 1. The molecule has 17 heavy (non-hydrogen) atoms. The minimum Gasteiger partial charge on any atom is -0.436 e. The molecular weight excluding hydrogens is 310 g/mol. The monoisotopic (exact) mass is 316 g/mol. The van der Waals surface area contributed by atoms with E-state index in [1.165, 1.54) is 0 Å². The quantitative estimate of drug-likeness (QED) is 0.781. The maximum absolute atomic E-state index is 13.3. The fraction of sp³-hybridized carbons (Fsp3) is 0.0909. The predicted molar refractivity (Wildman–Crippen MR) is 66.0 cm³/mol. The first kappa shape index (κ1) is 12.3. The summed E-state index contributed by atoms with van der Waals surface area (Å²) in [4.78, 5) is 7.17. The van der Waals surface area contributed by atoms with E-state index in [0.29, 0.717) is 5.75 Å². The second-order valence-electron chi connectivity index (χ2n) is 3.31. The minimum atomic E-state index is -0.657. The smallest absolute Gasteiger partial charge is 0.260 e. The molecule has 0 fully saturated rings. The van der Waals surface area contributed by atoms with Gasteiger partial charge in [-0.3, -0.25) is 0 Å². The summed E-state index contributed by atoms with van der Waals surface area (Å²) >= 11 is 8.93. The van der Waals surface area contributed by atoms with Gasteiger partial charge in [-0.05, 0) is 42.3 Å². The van der Waals surface area contributed by atoms with Crippen molar-refractivity contribution in [1.29, 1.82) is 0 Å². The van der Waals surface area contributed by atoms with Crippen molar-refractivity contribution in [3.63, 3.8) is 0 Å². The second kappa shape index (κ2) is 4.98. The lowest BCUT2D eigenvalue weighted by Gasteiger charge is -2.07. The van der Waals surface area contributed by atoms with Crippen LogP contribution in [-0.4, -0.2) is 9.97 Å². The molecule has 0 spiro atoms. The molecule has 0 amide bonds. The van der Waals surface area contributed by atoms with Crippen molar-refractivity contribution in [1.82, 2.24) is 9.97 Å². The van der Waals surface area contributed by atoms with E-state index in [1.807, 2.05) is 13.0 Å². The van der Waals surface area contributed by atoms with Crippen molar-refractivity contribution in [2.75, 3.05) is 0 Å². The molecule has 6 heteroatoms. The SMILES string of the molecule is Cc1cc(Oc2nc(Cl)ncc2F)ccc1Br. The van der Waals surface area contributed by atoms with Gasteiger partial charge in [0.2, 0.25) is 11.1 Å². The summed E-state index contributed by atoms with van der Waals surface area (Å²) < 4.78 is 19.6. The van der Waals surface area contributed by atoms with Crippen LogP contribution >= 0.6 is 27.5 Å². The van der Waals surface area contributed by atoms with Crippen molar-refractivity contribution in [2.24, 2.45) is 0 Å². The Kier molecular flexibility index (Phi) is 3.59. The van der Waals surface area contributed by atoms with Crippen LogP contribution < -0.4 is 4.74 Å². The number of aryl methyl sites for hydroxylation is 1. The summed E-state index contributed by atoms with van der Waals surface area (Å²) in [6, 6.07) is 5.28. The molecule has 0 aliphatic carbocycles. The Morgan fingerprint density at radius 1 is 1.41 bits per heavy atom. The molecule has 0 N–H and O–H groups in total. The first-order valence-electron chi connectivity index (χ1n) is 4.68. The normalized spacial score (nSPS) is 10.4. The summed E-state index contributed by atoms with van der Waals surface area (Å²) in [6.45, 7) is 1.90. The van der Waals surface area contributed by atoms with E-state index in [1.54, 1.807) is 12.1 Å². The summed E-state index contributed by atoms with van der Waals surface area (Å²) in [5.41, 5.74) is 0.975.